The van der Waals surface area contributed by atoms with Crippen LogP contribution < -0.4 is 5.32 Å². The molecule has 0 aromatic heterocycles. The van der Waals surface area contributed by atoms with Crippen molar-refractivity contribution in [2.24, 2.45) is 0 Å². The lowest BCUT2D eigenvalue weighted by Gasteiger charge is -2.15. The summed E-state index contributed by atoms with van der Waals surface area (Å²) >= 11 is 0. The fourth-order valence-electron chi connectivity index (χ4n) is 2.93. The van der Waals surface area contributed by atoms with Crippen molar-refractivity contribution < 1.29 is 14.3 Å². The van der Waals surface area contributed by atoms with Gasteiger partial charge in [0, 0.05) is 5.69 Å². The monoisotopic (exact) mass is 323 g/mol. The summed E-state index contributed by atoms with van der Waals surface area (Å²) in [5.74, 6) is -0.795. The fraction of sp³-hybridized carbons (Fsp3) is 0.300. The van der Waals surface area contributed by atoms with Crippen molar-refractivity contribution in [3.63, 3.8) is 0 Å². The van der Waals surface area contributed by atoms with E-state index in [-0.39, 0.29) is 5.91 Å². The molecule has 0 bridgehead atoms. The summed E-state index contributed by atoms with van der Waals surface area (Å²) in [6.45, 7) is 3.50. The molecule has 2 aromatic carbocycles. The molecule has 4 heteroatoms. The average Bonchev–Trinajstić information content (AvgIpc) is 3.04. The van der Waals surface area contributed by atoms with Gasteiger partial charge in [0.05, 0.1) is 5.56 Å². The lowest BCUT2D eigenvalue weighted by atomic mass is 10.1. The van der Waals surface area contributed by atoms with Crippen LogP contribution in [-0.2, 0) is 22.4 Å². The molecule has 3 rings (SSSR count). The van der Waals surface area contributed by atoms with Crippen molar-refractivity contribution in [1.82, 2.24) is 0 Å². The van der Waals surface area contributed by atoms with E-state index in [1.807, 2.05) is 43.3 Å². The van der Waals surface area contributed by atoms with E-state index in [1.54, 1.807) is 13.0 Å². The lowest BCUT2D eigenvalue weighted by molar-refractivity contribution is -0.123. The molecule has 0 aliphatic heterocycles. The van der Waals surface area contributed by atoms with Crippen LogP contribution in [0.15, 0.2) is 42.5 Å². The van der Waals surface area contributed by atoms with Crippen LogP contribution in [0.2, 0.25) is 0 Å². The quantitative estimate of drug-likeness (QED) is 0.874. The van der Waals surface area contributed by atoms with E-state index in [0.29, 0.717) is 5.56 Å². The Kier molecular flexibility index (Phi) is 4.65. The number of amides is 1. The highest BCUT2D eigenvalue weighted by Gasteiger charge is 2.21. The van der Waals surface area contributed by atoms with Gasteiger partial charge in [-0.25, -0.2) is 4.79 Å². The molecular weight excluding hydrogens is 302 g/mol. The van der Waals surface area contributed by atoms with Gasteiger partial charge in [-0.3, -0.25) is 4.79 Å². The van der Waals surface area contributed by atoms with Crippen LogP contribution in [-0.4, -0.2) is 18.0 Å². The maximum atomic E-state index is 12.3. The number of aryl methyl sites for hydroxylation is 3. The Morgan fingerprint density at radius 3 is 2.62 bits per heavy atom. The molecule has 1 aliphatic rings. The number of esters is 1. The van der Waals surface area contributed by atoms with Gasteiger partial charge in [-0.05, 0) is 68.0 Å². The van der Waals surface area contributed by atoms with Gasteiger partial charge < -0.3 is 10.1 Å². The van der Waals surface area contributed by atoms with Gasteiger partial charge in [0.15, 0.2) is 6.10 Å². The number of anilines is 1. The highest BCUT2D eigenvalue weighted by atomic mass is 16.5. The summed E-state index contributed by atoms with van der Waals surface area (Å²) in [5.41, 5.74) is 4.70. The third-order valence-electron chi connectivity index (χ3n) is 4.39. The van der Waals surface area contributed by atoms with Gasteiger partial charge in [-0.1, -0.05) is 24.3 Å². The van der Waals surface area contributed by atoms with E-state index < -0.39 is 12.1 Å². The zero-order valence-electron chi connectivity index (χ0n) is 14.0. The lowest BCUT2D eigenvalue weighted by Crippen LogP contribution is -2.30. The van der Waals surface area contributed by atoms with E-state index in [9.17, 15) is 9.59 Å². The maximum Gasteiger partial charge on any atom is 0.338 e. The second kappa shape index (κ2) is 6.87. The molecule has 0 spiro atoms. The summed E-state index contributed by atoms with van der Waals surface area (Å²) in [4.78, 5) is 24.5. The molecule has 1 N–H and O–H groups in total. The number of hydrogen-bond donors (Lipinski definition) is 1. The second-order valence-electron chi connectivity index (χ2n) is 6.19. The van der Waals surface area contributed by atoms with Gasteiger partial charge in [0.1, 0.15) is 0 Å². The third kappa shape index (κ3) is 3.48. The molecule has 0 radical (unpaired) electrons. The SMILES string of the molecule is Cc1ccccc1NC(=O)C(C)OC(=O)c1ccc2c(c1)CCC2. The average molecular weight is 323 g/mol. The van der Waals surface area contributed by atoms with E-state index in [4.69, 9.17) is 4.74 Å². The van der Waals surface area contributed by atoms with E-state index in [1.165, 1.54) is 11.1 Å². The topological polar surface area (TPSA) is 55.4 Å². The zero-order chi connectivity index (χ0) is 17.1. The fourth-order valence-corrected chi connectivity index (χ4v) is 2.93. The molecule has 124 valence electrons. The second-order valence-corrected chi connectivity index (χ2v) is 6.19. The van der Waals surface area contributed by atoms with E-state index in [2.05, 4.69) is 5.32 Å². The number of carbonyl (C=O) groups excluding carboxylic acids is 2. The number of carbonyl (C=O) groups is 2. The molecular formula is C20H21NO3. The summed E-state index contributed by atoms with van der Waals surface area (Å²) in [6.07, 6.45) is 2.34. The van der Waals surface area contributed by atoms with Crippen molar-refractivity contribution >= 4 is 17.6 Å². The molecule has 0 saturated carbocycles. The number of rotatable bonds is 4. The smallest absolute Gasteiger partial charge is 0.338 e. The van der Waals surface area contributed by atoms with E-state index >= 15 is 0 Å². The first kappa shape index (κ1) is 16.2. The molecule has 1 atom stereocenters. The molecule has 24 heavy (non-hydrogen) atoms. The first-order valence-corrected chi connectivity index (χ1v) is 8.24. The molecule has 4 nitrogen and oxygen atoms in total. The largest absolute Gasteiger partial charge is 0.449 e. The van der Waals surface area contributed by atoms with Gasteiger partial charge in [0.2, 0.25) is 0 Å². The van der Waals surface area contributed by atoms with Crippen LogP contribution in [0.25, 0.3) is 0 Å². The minimum Gasteiger partial charge on any atom is -0.449 e. The predicted octanol–water partition coefficient (Wildman–Crippen LogP) is 3.67. The molecule has 1 amide bonds. The summed E-state index contributed by atoms with van der Waals surface area (Å²) in [5, 5.41) is 2.79. The van der Waals surface area contributed by atoms with E-state index in [0.717, 1.165) is 30.5 Å². The molecule has 2 aromatic rings. The predicted molar refractivity (Wildman–Crippen MR) is 93.2 cm³/mol. The van der Waals surface area contributed by atoms with Crippen molar-refractivity contribution in [1.29, 1.82) is 0 Å². The molecule has 1 aliphatic carbocycles. The Bertz CT molecular complexity index is 782. The van der Waals surface area contributed by atoms with Crippen LogP contribution in [0.3, 0.4) is 0 Å². The Balaban J connectivity index is 1.63. The van der Waals surface area contributed by atoms with Crippen LogP contribution in [0.1, 0.15) is 40.4 Å². The van der Waals surface area contributed by atoms with Gasteiger partial charge in [-0.15, -0.1) is 0 Å². The Morgan fingerprint density at radius 1 is 1.08 bits per heavy atom. The minimum absolute atomic E-state index is 0.334. The number of hydrogen-bond acceptors (Lipinski definition) is 3. The first-order valence-electron chi connectivity index (χ1n) is 8.24. The van der Waals surface area contributed by atoms with Crippen LogP contribution in [0.4, 0.5) is 5.69 Å². The van der Waals surface area contributed by atoms with Crippen molar-refractivity contribution in [3.05, 3.63) is 64.7 Å². The number of benzene rings is 2. The maximum absolute atomic E-state index is 12.3. The normalized spacial score (nSPS) is 13.9. The Labute approximate surface area is 141 Å². The van der Waals surface area contributed by atoms with Crippen LogP contribution >= 0.6 is 0 Å². The van der Waals surface area contributed by atoms with Gasteiger partial charge >= 0.3 is 5.97 Å². The van der Waals surface area contributed by atoms with Crippen molar-refractivity contribution in [2.45, 2.75) is 39.2 Å². The number of para-hydroxylation sites is 1. The standard InChI is InChI=1S/C20H21NO3/c1-13-6-3-4-9-18(13)21-19(22)14(2)24-20(23)17-11-10-15-7-5-8-16(15)12-17/h3-4,6,9-12,14H,5,7-8H2,1-2H3,(H,21,22). The highest BCUT2D eigenvalue weighted by Crippen LogP contribution is 2.23. The summed E-state index contributed by atoms with van der Waals surface area (Å²) in [7, 11) is 0. The van der Waals surface area contributed by atoms with Gasteiger partial charge in [0.25, 0.3) is 5.91 Å². The van der Waals surface area contributed by atoms with Crippen molar-refractivity contribution in [3.8, 4) is 0 Å². The molecule has 0 heterocycles. The van der Waals surface area contributed by atoms with Crippen molar-refractivity contribution in [2.75, 3.05) is 5.32 Å². The molecule has 0 fully saturated rings. The first-order chi connectivity index (χ1) is 11.5. The summed E-state index contributed by atoms with van der Waals surface area (Å²) in [6, 6.07) is 13.1. The minimum atomic E-state index is -0.856. The molecule has 1 unspecified atom stereocenters. The zero-order valence-corrected chi connectivity index (χ0v) is 14.0. The third-order valence-corrected chi connectivity index (χ3v) is 4.39. The number of fused-ring (bicyclic) bond motifs is 1. The Morgan fingerprint density at radius 2 is 1.83 bits per heavy atom. The Hall–Kier alpha value is -2.62. The van der Waals surface area contributed by atoms with Gasteiger partial charge in [-0.2, -0.15) is 0 Å². The van der Waals surface area contributed by atoms with Crippen LogP contribution in [0, 0.1) is 6.92 Å². The number of nitrogens with one attached hydrogen (secondary N) is 1. The van der Waals surface area contributed by atoms with Crippen LogP contribution in [0.5, 0.6) is 0 Å². The molecule has 0 saturated heterocycles. The summed E-state index contributed by atoms with van der Waals surface area (Å²) < 4.78 is 5.32. The number of ether oxygens (including phenoxy) is 1. The highest BCUT2D eigenvalue weighted by molar-refractivity contribution is 5.97.